The zero-order chi connectivity index (χ0) is 21.7. The molecule has 1 amide bonds. The Kier molecular flexibility index (Phi) is 4.88. The maximum atomic E-state index is 14.9. The Labute approximate surface area is 181 Å². The van der Waals surface area contributed by atoms with Gasteiger partial charge in [0.05, 0.1) is 34.7 Å². The van der Waals surface area contributed by atoms with E-state index in [9.17, 15) is 14.3 Å². The second kappa shape index (κ2) is 7.60. The largest absolute Gasteiger partial charge is 0.496 e. The molecule has 160 valence electrons. The number of imidazole rings is 1. The molecule has 9 heteroatoms. The number of carbonyl (C=O) groups excluding carboxylic acids is 1. The number of carbonyl (C=O) groups is 1. The molecule has 1 aliphatic rings. The van der Waals surface area contributed by atoms with E-state index in [0.29, 0.717) is 40.5 Å². The first-order valence-corrected chi connectivity index (χ1v) is 10.7. The molecular formula is C22H21FN4O3S. The molecule has 2 aromatic heterocycles. The van der Waals surface area contributed by atoms with Gasteiger partial charge >= 0.3 is 0 Å². The number of rotatable bonds is 4. The molecule has 1 saturated heterocycles. The van der Waals surface area contributed by atoms with Gasteiger partial charge in [0.2, 0.25) is 0 Å². The predicted molar refractivity (Wildman–Crippen MR) is 117 cm³/mol. The molecule has 2 aromatic carbocycles. The molecule has 2 atom stereocenters. The molecule has 4 aromatic rings. The van der Waals surface area contributed by atoms with Crippen molar-refractivity contribution < 1.29 is 19.0 Å². The Morgan fingerprint density at radius 3 is 2.90 bits per heavy atom. The monoisotopic (exact) mass is 440 g/mol. The van der Waals surface area contributed by atoms with Gasteiger partial charge in [-0.3, -0.25) is 9.20 Å². The summed E-state index contributed by atoms with van der Waals surface area (Å²) in [5.74, 6) is -0.115. The smallest absolute Gasteiger partial charge is 0.254 e. The van der Waals surface area contributed by atoms with Crippen molar-refractivity contribution in [3.05, 3.63) is 53.5 Å². The maximum absolute atomic E-state index is 14.9. The van der Waals surface area contributed by atoms with Gasteiger partial charge in [0.25, 0.3) is 5.91 Å². The molecule has 7 nitrogen and oxygen atoms in total. The van der Waals surface area contributed by atoms with E-state index in [1.165, 1.54) is 24.5 Å². The second-order valence-corrected chi connectivity index (χ2v) is 8.58. The summed E-state index contributed by atoms with van der Waals surface area (Å²) < 4.78 is 23.1. The lowest BCUT2D eigenvalue weighted by molar-refractivity contribution is 0.0960. The highest BCUT2D eigenvalue weighted by Crippen LogP contribution is 2.35. The first-order chi connectivity index (χ1) is 15.0. The number of nitrogens with zero attached hydrogens (tertiary/aromatic N) is 2. The topological polar surface area (TPSA) is 87.9 Å². The molecule has 0 bridgehead atoms. The van der Waals surface area contributed by atoms with Crippen LogP contribution in [0.2, 0.25) is 0 Å². The van der Waals surface area contributed by atoms with E-state index in [1.807, 2.05) is 10.5 Å². The van der Waals surface area contributed by atoms with Crippen molar-refractivity contribution in [1.29, 1.82) is 0 Å². The lowest BCUT2D eigenvalue weighted by atomic mass is 10.0. The van der Waals surface area contributed by atoms with Crippen molar-refractivity contribution in [2.75, 3.05) is 20.7 Å². The minimum atomic E-state index is -0.401. The van der Waals surface area contributed by atoms with Crippen molar-refractivity contribution >= 4 is 32.4 Å². The number of β-amino-alcohol motifs (C(OH)–C–C–N with tert-alkyl or cyclic N) is 1. The number of methoxy groups -OCH3 is 1. The Bertz CT molecular complexity index is 1320. The SMILES string of the molecule is CNC(=O)c1cc2sc3nc(-c4ccc([C@@H]5C[C@@H](O)CN5)cc4F)cn3c2cc1OC. The summed E-state index contributed by atoms with van der Waals surface area (Å²) in [5, 5.41) is 15.5. The van der Waals surface area contributed by atoms with Crippen LogP contribution in [-0.2, 0) is 0 Å². The number of hydrogen-bond donors (Lipinski definition) is 3. The number of hydrogen-bond acceptors (Lipinski definition) is 6. The molecule has 1 fully saturated rings. The van der Waals surface area contributed by atoms with Crippen molar-refractivity contribution in [2.24, 2.45) is 0 Å². The standard InChI is InChI=1S/C22H21FN4O3S/c1-24-21(29)14-7-20-18(8-19(14)30-2)27-10-17(26-22(27)31-20)13-4-3-11(5-15(13)23)16-6-12(28)9-25-16/h3-5,7-8,10,12,16,25,28H,6,9H2,1-2H3,(H,24,29)/t12-,16+/m1/s1. The number of thiazole rings is 1. The van der Waals surface area contributed by atoms with Crippen molar-refractivity contribution in [2.45, 2.75) is 18.6 Å². The second-order valence-electron chi connectivity index (χ2n) is 7.57. The summed E-state index contributed by atoms with van der Waals surface area (Å²) >= 11 is 1.42. The number of halogens is 1. The Hall–Kier alpha value is -3.01. The van der Waals surface area contributed by atoms with Crippen LogP contribution in [0.15, 0.2) is 36.5 Å². The van der Waals surface area contributed by atoms with E-state index in [2.05, 4.69) is 15.6 Å². The summed E-state index contributed by atoms with van der Waals surface area (Å²) in [6.45, 7) is 0.517. The highest BCUT2D eigenvalue weighted by molar-refractivity contribution is 7.23. The quantitative estimate of drug-likeness (QED) is 0.454. The minimum absolute atomic E-state index is 0.0463. The van der Waals surface area contributed by atoms with E-state index >= 15 is 0 Å². The third-order valence-corrected chi connectivity index (χ3v) is 6.68. The summed E-state index contributed by atoms with van der Waals surface area (Å²) in [5.41, 5.74) is 3.06. The number of ether oxygens (including phenoxy) is 1. The van der Waals surface area contributed by atoms with Crippen LogP contribution in [0.4, 0.5) is 4.39 Å². The summed E-state index contributed by atoms with van der Waals surface area (Å²) in [7, 11) is 3.09. The van der Waals surface area contributed by atoms with Gasteiger partial charge in [-0.25, -0.2) is 9.37 Å². The average Bonchev–Trinajstić information content (AvgIpc) is 3.46. The van der Waals surface area contributed by atoms with Gasteiger partial charge in [0, 0.05) is 37.5 Å². The zero-order valence-corrected chi connectivity index (χ0v) is 17.8. The molecule has 0 unspecified atom stereocenters. The van der Waals surface area contributed by atoms with E-state index in [1.54, 1.807) is 31.4 Å². The lowest BCUT2D eigenvalue weighted by Gasteiger charge is -2.11. The molecule has 0 aliphatic carbocycles. The Morgan fingerprint density at radius 2 is 2.23 bits per heavy atom. The number of benzene rings is 2. The summed E-state index contributed by atoms with van der Waals surface area (Å²) in [6, 6.07) is 8.65. The molecule has 0 spiro atoms. The zero-order valence-electron chi connectivity index (χ0n) is 17.0. The van der Waals surface area contributed by atoms with Gasteiger partial charge in [0.15, 0.2) is 4.96 Å². The van der Waals surface area contributed by atoms with E-state index in [4.69, 9.17) is 4.74 Å². The highest BCUT2D eigenvalue weighted by atomic mass is 32.1. The van der Waals surface area contributed by atoms with Crippen LogP contribution >= 0.6 is 11.3 Å². The van der Waals surface area contributed by atoms with Gasteiger partial charge in [-0.2, -0.15) is 0 Å². The summed E-state index contributed by atoms with van der Waals surface area (Å²) in [6.07, 6.45) is 1.97. The first-order valence-electron chi connectivity index (χ1n) is 9.91. The lowest BCUT2D eigenvalue weighted by Crippen LogP contribution is -2.18. The molecule has 0 saturated carbocycles. The van der Waals surface area contributed by atoms with E-state index < -0.39 is 6.10 Å². The van der Waals surface area contributed by atoms with Crippen LogP contribution < -0.4 is 15.4 Å². The van der Waals surface area contributed by atoms with E-state index in [0.717, 1.165) is 15.8 Å². The van der Waals surface area contributed by atoms with Crippen LogP contribution in [0.3, 0.4) is 0 Å². The van der Waals surface area contributed by atoms with Gasteiger partial charge < -0.3 is 20.5 Å². The number of fused-ring (bicyclic) bond motifs is 3. The fraction of sp³-hybridized carbons (Fsp3) is 0.273. The Balaban J connectivity index is 1.55. The highest BCUT2D eigenvalue weighted by Gasteiger charge is 2.24. The molecule has 31 heavy (non-hydrogen) atoms. The fourth-order valence-corrected chi connectivity index (χ4v) is 5.09. The van der Waals surface area contributed by atoms with Crippen LogP contribution in [0.25, 0.3) is 26.4 Å². The van der Waals surface area contributed by atoms with Gasteiger partial charge in [-0.15, -0.1) is 0 Å². The average molecular weight is 441 g/mol. The van der Waals surface area contributed by atoms with Gasteiger partial charge in [-0.1, -0.05) is 17.4 Å². The normalized spacial score (nSPS) is 18.7. The van der Waals surface area contributed by atoms with Crippen LogP contribution in [0.5, 0.6) is 5.75 Å². The number of amides is 1. The van der Waals surface area contributed by atoms with Crippen LogP contribution in [0, 0.1) is 5.82 Å². The first kappa shape index (κ1) is 19.9. The number of aliphatic hydroxyl groups is 1. The predicted octanol–water partition coefficient (Wildman–Crippen LogP) is 3.12. The maximum Gasteiger partial charge on any atom is 0.254 e. The van der Waals surface area contributed by atoms with Crippen LogP contribution in [-0.4, -0.2) is 47.2 Å². The fourth-order valence-electron chi connectivity index (χ4n) is 4.06. The molecule has 1 aliphatic heterocycles. The van der Waals surface area contributed by atoms with Crippen molar-refractivity contribution in [3.63, 3.8) is 0 Å². The molecule has 5 rings (SSSR count). The third kappa shape index (κ3) is 3.34. The third-order valence-electron chi connectivity index (χ3n) is 5.67. The molecule has 3 heterocycles. The van der Waals surface area contributed by atoms with Gasteiger partial charge in [-0.05, 0) is 30.2 Å². The molecular weight excluding hydrogens is 419 g/mol. The van der Waals surface area contributed by atoms with Gasteiger partial charge in [0.1, 0.15) is 11.6 Å². The Morgan fingerprint density at radius 1 is 1.39 bits per heavy atom. The molecule has 0 radical (unpaired) electrons. The number of aromatic nitrogens is 2. The van der Waals surface area contributed by atoms with Crippen molar-refractivity contribution in [3.8, 4) is 17.0 Å². The summed E-state index contributed by atoms with van der Waals surface area (Å²) in [4.78, 5) is 17.5. The molecule has 3 N–H and O–H groups in total. The van der Waals surface area contributed by atoms with Crippen LogP contribution in [0.1, 0.15) is 28.4 Å². The number of nitrogens with one attached hydrogen (secondary N) is 2. The minimum Gasteiger partial charge on any atom is -0.496 e. The van der Waals surface area contributed by atoms with E-state index in [-0.39, 0.29) is 17.8 Å². The number of aliphatic hydroxyl groups excluding tert-OH is 1. The van der Waals surface area contributed by atoms with Crippen molar-refractivity contribution in [1.82, 2.24) is 20.0 Å².